The van der Waals surface area contributed by atoms with Crippen LogP contribution in [0.2, 0.25) is 0 Å². The normalized spacial score (nSPS) is 16.0. The van der Waals surface area contributed by atoms with Gasteiger partial charge >= 0.3 is 0 Å². The van der Waals surface area contributed by atoms with Gasteiger partial charge < -0.3 is 10.6 Å². The van der Waals surface area contributed by atoms with Crippen molar-refractivity contribution in [2.45, 2.75) is 32.7 Å². The van der Waals surface area contributed by atoms with Crippen molar-refractivity contribution in [1.29, 1.82) is 0 Å². The summed E-state index contributed by atoms with van der Waals surface area (Å²) in [5.74, 6) is -0.390. The average Bonchev–Trinajstić information content (AvgIpc) is 3.08. The molecule has 1 saturated carbocycles. The summed E-state index contributed by atoms with van der Waals surface area (Å²) in [6, 6.07) is 7.39. The van der Waals surface area contributed by atoms with E-state index in [2.05, 4.69) is 26.6 Å². The second kappa shape index (κ2) is 5.33. The van der Waals surface area contributed by atoms with Crippen molar-refractivity contribution in [1.82, 2.24) is 5.32 Å². The third-order valence-corrected chi connectivity index (χ3v) is 3.61. The lowest BCUT2D eigenvalue weighted by Crippen LogP contribution is -2.42. The Bertz CT molecular complexity index is 510. The van der Waals surface area contributed by atoms with Gasteiger partial charge in [-0.2, -0.15) is 0 Å². The molecule has 0 bridgehead atoms. The van der Waals surface area contributed by atoms with Gasteiger partial charge in [-0.25, -0.2) is 0 Å². The van der Waals surface area contributed by atoms with Crippen LogP contribution in [0.15, 0.2) is 28.7 Å². The molecular formula is C14H17BrN2O2. The molecule has 1 aromatic rings. The van der Waals surface area contributed by atoms with Crippen molar-refractivity contribution in [3.05, 3.63) is 28.7 Å². The maximum atomic E-state index is 12.2. The van der Waals surface area contributed by atoms with E-state index >= 15 is 0 Å². The molecule has 0 radical (unpaired) electrons. The van der Waals surface area contributed by atoms with E-state index in [1.54, 1.807) is 6.07 Å². The van der Waals surface area contributed by atoms with Crippen LogP contribution in [0.3, 0.4) is 0 Å². The summed E-state index contributed by atoms with van der Waals surface area (Å²) in [5, 5.41) is 5.62. The Morgan fingerprint density at radius 3 is 2.47 bits per heavy atom. The minimum Gasteiger partial charge on any atom is -0.353 e. The molecule has 1 fully saturated rings. The Labute approximate surface area is 121 Å². The van der Waals surface area contributed by atoms with Gasteiger partial charge in [0.25, 0.3) is 0 Å². The number of amides is 2. The number of hydrogen-bond acceptors (Lipinski definition) is 2. The van der Waals surface area contributed by atoms with Gasteiger partial charge in [-0.05, 0) is 44.9 Å². The second-order valence-corrected chi connectivity index (χ2v) is 6.09. The lowest BCUT2D eigenvalue weighted by molar-refractivity contribution is -0.134. The Morgan fingerprint density at radius 2 is 1.95 bits per heavy atom. The van der Waals surface area contributed by atoms with E-state index in [4.69, 9.17) is 0 Å². The van der Waals surface area contributed by atoms with E-state index in [1.807, 2.05) is 32.0 Å². The van der Waals surface area contributed by atoms with E-state index in [0.717, 1.165) is 4.47 Å². The zero-order valence-corrected chi connectivity index (χ0v) is 12.6. The Balaban J connectivity index is 2.06. The summed E-state index contributed by atoms with van der Waals surface area (Å²) in [6.45, 7) is 3.78. The number of anilines is 1. The number of carbonyl (C=O) groups is 2. The summed E-state index contributed by atoms with van der Waals surface area (Å²) >= 11 is 3.35. The van der Waals surface area contributed by atoms with E-state index in [9.17, 15) is 9.59 Å². The number of hydrogen-bond donors (Lipinski definition) is 2. The quantitative estimate of drug-likeness (QED) is 0.836. The molecule has 1 aromatic carbocycles. The third kappa shape index (κ3) is 3.15. The van der Waals surface area contributed by atoms with Crippen LogP contribution < -0.4 is 10.6 Å². The SMILES string of the molecule is CC(C)NC(=O)C1(C(=O)Nc2cccc(Br)c2)CC1. The predicted octanol–water partition coefficient (Wildman–Crippen LogP) is 2.69. The fraction of sp³-hybridized carbons (Fsp3) is 0.429. The van der Waals surface area contributed by atoms with Gasteiger partial charge in [-0.1, -0.05) is 22.0 Å². The zero-order chi connectivity index (χ0) is 14.0. The average molecular weight is 325 g/mol. The number of halogens is 1. The Kier molecular flexibility index (Phi) is 3.94. The molecule has 2 N–H and O–H groups in total. The van der Waals surface area contributed by atoms with Gasteiger partial charge in [0.05, 0.1) is 0 Å². The standard InChI is InChI=1S/C14H17BrN2O2/c1-9(2)16-12(18)14(6-7-14)13(19)17-11-5-3-4-10(15)8-11/h3-5,8-9H,6-7H2,1-2H3,(H,16,18)(H,17,19). The maximum absolute atomic E-state index is 12.2. The molecule has 2 rings (SSSR count). The lowest BCUT2D eigenvalue weighted by Gasteiger charge is -2.17. The number of nitrogens with one attached hydrogen (secondary N) is 2. The largest absolute Gasteiger partial charge is 0.353 e. The van der Waals surface area contributed by atoms with Gasteiger partial charge in [0.15, 0.2) is 0 Å². The van der Waals surface area contributed by atoms with Crippen molar-refractivity contribution in [2.24, 2.45) is 5.41 Å². The minimum absolute atomic E-state index is 0.0450. The summed E-state index contributed by atoms with van der Waals surface area (Å²) in [4.78, 5) is 24.3. The van der Waals surface area contributed by atoms with Crippen molar-refractivity contribution < 1.29 is 9.59 Å². The van der Waals surface area contributed by atoms with Crippen LogP contribution in [-0.4, -0.2) is 17.9 Å². The van der Waals surface area contributed by atoms with E-state index < -0.39 is 5.41 Å². The molecule has 0 heterocycles. The first kappa shape index (κ1) is 14.1. The van der Waals surface area contributed by atoms with Crippen molar-refractivity contribution in [2.75, 3.05) is 5.32 Å². The summed E-state index contributed by atoms with van der Waals surface area (Å²) in [7, 11) is 0. The summed E-state index contributed by atoms with van der Waals surface area (Å²) < 4.78 is 0.891. The van der Waals surface area contributed by atoms with E-state index in [0.29, 0.717) is 18.5 Å². The fourth-order valence-electron chi connectivity index (χ4n) is 1.90. The second-order valence-electron chi connectivity index (χ2n) is 5.17. The first-order valence-corrected chi connectivity index (χ1v) is 7.11. The first-order valence-electron chi connectivity index (χ1n) is 6.32. The molecule has 5 heteroatoms. The van der Waals surface area contributed by atoms with Gasteiger partial charge in [-0.3, -0.25) is 9.59 Å². The van der Waals surface area contributed by atoms with Gasteiger partial charge in [-0.15, -0.1) is 0 Å². The number of rotatable bonds is 4. The first-order chi connectivity index (χ1) is 8.94. The van der Waals surface area contributed by atoms with Crippen molar-refractivity contribution >= 4 is 33.4 Å². The number of carbonyl (C=O) groups excluding carboxylic acids is 2. The predicted molar refractivity (Wildman–Crippen MR) is 77.7 cm³/mol. The highest BCUT2D eigenvalue weighted by Gasteiger charge is 2.56. The number of benzene rings is 1. The van der Waals surface area contributed by atoms with Crippen LogP contribution in [0.5, 0.6) is 0 Å². The van der Waals surface area contributed by atoms with Gasteiger partial charge in [0.2, 0.25) is 11.8 Å². The molecule has 19 heavy (non-hydrogen) atoms. The van der Waals surface area contributed by atoms with Crippen LogP contribution in [-0.2, 0) is 9.59 Å². The molecule has 1 aliphatic rings. The third-order valence-electron chi connectivity index (χ3n) is 3.12. The van der Waals surface area contributed by atoms with Gasteiger partial charge in [0, 0.05) is 16.2 Å². The van der Waals surface area contributed by atoms with Crippen LogP contribution in [0, 0.1) is 5.41 Å². The summed E-state index contributed by atoms with van der Waals surface area (Å²) in [6.07, 6.45) is 1.23. The highest BCUT2D eigenvalue weighted by atomic mass is 79.9. The van der Waals surface area contributed by atoms with Crippen molar-refractivity contribution in [3.8, 4) is 0 Å². The highest BCUT2D eigenvalue weighted by molar-refractivity contribution is 9.10. The van der Waals surface area contributed by atoms with Crippen LogP contribution in [0.1, 0.15) is 26.7 Å². The molecule has 0 aromatic heterocycles. The van der Waals surface area contributed by atoms with Crippen LogP contribution in [0.4, 0.5) is 5.69 Å². The highest BCUT2D eigenvalue weighted by Crippen LogP contribution is 2.47. The van der Waals surface area contributed by atoms with E-state index in [-0.39, 0.29) is 17.9 Å². The minimum atomic E-state index is -0.868. The topological polar surface area (TPSA) is 58.2 Å². The zero-order valence-electron chi connectivity index (χ0n) is 11.0. The van der Waals surface area contributed by atoms with Crippen molar-refractivity contribution in [3.63, 3.8) is 0 Å². The van der Waals surface area contributed by atoms with Gasteiger partial charge in [0.1, 0.15) is 5.41 Å². The maximum Gasteiger partial charge on any atom is 0.240 e. The molecule has 0 unspecified atom stereocenters. The Morgan fingerprint density at radius 1 is 1.26 bits per heavy atom. The lowest BCUT2D eigenvalue weighted by atomic mass is 10.0. The molecule has 102 valence electrons. The smallest absolute Gasteiger partial charge is 0.240 e. The monoisotopic (exact) mass is 324 g/mol. The molecular weight excluding hydrogens is 308 g/mol. The molecule has 4 nitrogen and oxygen atoms in total. The summed E-state index contributed by atoms with van der Waals surface area (Å²) in [5.41, 5.74) is -0.171. The van der Waals surface area contributed by atoms with Crippen LogP contribution in [0.25, 0.3) is 0 Å². The molecule has 0 aliphatic heterocycles. The molecule has 0 atom stereocenters. The van der Waals surface area contributed by atoms with E-state index in [1.165, 1.54) is 0 Å². The molecule has 0 spiro atoms. The molecule has 2 amide bonds. The Hall–Kier alpha value is -1.36. The fourth-order valence-corrected chi connectivity index (χ4v) is 2.30. The van der Waals surface area contributed by atoms with Crippen LogP contribution >= 0.6 is 15.9 Å². The molecule has 0 saturated heterocycles. The molecule has 1 aliphatic carbocycles.